The lowest BCUT2D eigenvalue weighted by atomic mass is 9.93. The van der Waals surface area contributed by atoms with Gasteiger partial charge in [-0.05, 0) is 51.4 Å². The van der Waals surface area contributed by atoms with Gasteiger partial charge in [0.15, 0.2) is 0 Å². The van der Waals surface area contributed by atoms with Gasteiger partial charge in [-0.15, -0.1) is 0 Å². The SMILES string of the molecule is CCN1CCC(CCN2CCN(C(C)=O)CC2)CC1. The normalized spacial score (nSPS) is 23.8. The molecule has 0 spiro atoms. The number of rotatable bonds is 4. The highest BCUT2D eigenvalue weighted by Gasteiger charge is 2.21. The van der Waals surface area contributed by atoms with Crippen molar-refractivity contribution < 1.29 is 4.79 Å². The molecule has 2 aliphatic heterocycles. The molecule has 0 aromatic heterocycles. The number of piperidine rings is 1. The van der Waals surface area contributed by atoms with Crippen molar-refractivity contribution >= 4 is 5.91 Å². The summed E-state index contributed by atoms with van der Waals surface area (Å²) in [7, 11) is 0. The lowest BCUT2D eigenvalue weighted by Crippen LogP contribution is -2.48. The van der Waals surface area contributed by atoms with Crippen LogP contribution >= 0.6 is 0 Å². The summed E-state index contributed by atoms with van der Waals surface area (Å²) in [5.74, 6) is 1.15. The van der Waals surface area contributed by atoms with Crippen molar-refractivity contribution in [1.82, 2.24) is 14.7 Å². The zero-order valence-corrected chi connectivity index (χ0v) is 12.6. The van der Waals surface area contributed by atoms with E-state index in [1.807, 2.05) is 4.90 Å². The smallest absolute Gasteiger partial charge is 0.219 e. The molecule has 110 valence electrons. The van der Waals surface area contributed by atoms with Crippen LogP contribution in [0, 0.1) is 5.92 Å². The third kappa shape index (κ3) is 4.46. The molecule has 4 heteroatoms. The van der Waals surface area contributed by atoms with Crippen molar-refractivity contribution in [1.29, 1.82) is 0 Å². The van der Waals surface area contributed by atoms with Gasteiger partial charge >= 0.3 is 0 Å². The maximum absolute atomic E-state index is 11.3. The Labute approximate surface area is 117 Å². The van der Waals surface area contributed by atoms with Gasteiger partial charge in [-0.3, -0.25) is 9.69 Å². The van der Waals surface area contributed by atoms with Crippen molar-refractivity contribution in [3.63, 3.8) is 0 Å². The first kappa shape index (κ1) is 14.8. The highest BCUT2D eigenvalue weighted by Crippen LogP contribution is 2.20. The summed E-state index contributed by atoms with van der Waals surface area (Å²) in [6.07, 6.45) is 4.10. The van der Waals surface area contributed by atoms with Gasteiger partial charge < -0.3 is 9.80 Å². The summed E-state index contributed by atoms with van der Waals surface area (Å²) >= 11 is 0. The van der Waals surface area contributed by atoms with Crippen LogP contribution in [0.1, 0.15) is 33.1 Å². The summed E-state index contributed by atoms with van der Waals surface area (Å²) < 4.78 is 0. The predicted octanol–water partition coefficient (Wildman–Crippen LogP) is 1.27. The Bertz CT molecular complexity index is 279. The molecule has 0 aromatic carbocycles. The van der Waals surface area contributed by atoms with Crippen LogP contribution in [0.3, 0.4) is 0 Å². The number of carbonyl (C=O) groups is 1. The van der Waals surface area contributed by atoms with E-state index in [2.05, 4.69) is 16.7 Å². The van der Waals surface area contributed by atoms with E-state index in [1.54, 1.807) is 6.92 Å². The first-order valence-electron chi connectivity index (χ1n) is 7.89. The molecule has 0 bridgehead atoms. The van der Waals surface area contributed by atoms with Crippen molar-refractivity contribution in [3.8, 4) is 0 Å². The highest BCUT2D eigenvalue weighted by molar-refractivity contribution is 5.73. The highest BCUT2D eigenvalue weighted by atomic mass is 16.2. The summed E-state index contributed by atoms with van der Waals surface area (Å²) in [6, 6.07) is 0. The summed E-state index contributed by atoms with van der Waals surface area (Å²) in [6.45, 7) is 12.9. The van der Waals surface area contributed by atoms with Crippen molar-refractivity contribution in [2.75, 3.05) is 52.4 Å². The molecular weight excluding hydrogens is 238 g/mol. The molecule has 0 N–H and O–H groups in total. The van der Waals surface area contributed by atoms with E-state index in [0.717, 1.165) is 32.1 Å². The van der Waals surface area contributed by atoms with Crippen LogP contribution in [0.15, 0.2) is 0 Å². The molecule has 4 nitrogen and oxygen atoms in total. The van der Waals surface area contributed by atoms with Crippen LogP contribution in [0.5, 0.6) is 0 Å². The molecule has 2 aliphatic rings. The monoisotopic (exact) mass is 267 g/mol. The third-order valence-electron chi connectivity index (χ3n) is 4.83. The summed E-state index contributed by atoms with van der Waals surface area (Å²) in [4.78, 5) is 18.3. The van der Waals surface area contributed by atoms with Crippen LogP contribution in [0.4, 0.5) is 0 Å². The fraction of sp³-hybridized carbons (Fsp3) is 0.933. The van der Waals surface area contributed by atoms with Gasteiger partial charge in [-0.25, -0.2) is 0 Å². The van der Waals surface area contributed by atoms with E-state index >= 15 is 0 Å². The minimum Gasteiger partial charge on any atom is -0.340 e. The van der Waals surface area contributed by atoms with E-state index in [4.69, 9.17) is 0 Å². The van der Waals surface area contributed by atoms with E-state index in [0.29, 0.717) is 0 Å². The zero-order valence-electron chi connectivity index (χ0n) is 12.6. The number of carbonyl (C=O) groups excluding carboxylic acids is 1. The first-order valence-corrected chi connectivity index (χ1v) is 7.89. The summed E-state index contributed by atoms with van der Waals surface area (Å²) in [5.41, 5.74) is 0. The van der Waals surface area contributed by atoms with Gasteiger partial charge in [-0.2, -0.15) is 0 Å². The Balaban J connectivity index is 1.61. The van der Waals surface area contributed by atoms with Crippen molar-refractivity contribution in [2.24, 2.45) is 5.92 Å². The maximum Gasteiger partial charge on any atom is 0.219 e. The van der Waals surface area contributed by atoms with Gasteiger partial charge in [0.2, 0.25) is 5.91 Å². The minimum atomic E-state index is 0.228. The fourth-order valence-corrected chi connectivity index (χ4v) is 3.24. The molecule has 2 saturated heterocycles. The number of hydrogen-bond acceptors (Lipinski definition) is 3. The quantitative estimate of drug-likeness (QED) is 0.767. The first-order chi connectivity index (χ1) is 9.19. The number of piperazine rings is 1. The molecule has 0 aromatic rings. The Morgan fingerprint density at radius 1 is 1.00 bits per heavy atom. The van der Waals surface area contributed by atoms with Crippen LogP contribution < -0.4 is 0 Å². The second-order valence-electron chi connectivity index (χ2n) is 6.01. The van der Waals surface area contributed by atoms with Gasteiger partial charge in [-0.1, -0.05) is 6.92 Å². The Kier molecular flexibility index (Phi) is 5.64. The largest absolute Gasteiger partial charge is 0.340 e. The number of likely N-dealkylation sites (tertiary alicyclic amines) is 1. The predicted molar refractivity (Wildman–Crippen MR) is 78.1 cm³/mol. The molecule has 0 saturated carbocycles. The van der Waals surface area contributed by atoms with E-state index in [-0.39, 0.29) is 5.91 Å². The molecule has 1 amide bonds. The van der Waals surface area contributed by atoms with Crippen LogP contribution in [0.2, 0.25) is 0 Å². The molecular formula is C15H29N3O. The summed E-state index contributed by atoms with van der Waals surface area (Å²) in [5, 5.41) is 0. The van der Waals surface area contributed by atoms with Gasteiger partial charge in [0.05, 0.1) is 0 Å². The van der Waals surface area contributed by atoms with Crippen LogP contribution in [-0.2, 0) is 4.79 Å². The molecule has 2 heterocycles. The third-order valence-corrected chi connectivity index (χ3v) is 4.83. The van der Waals surface area contributed by atoms with Crippen molar-refractivity contribution in [3.05, 3.63) is 0 Å². The number of amides is 1. The molecule has 0 radical (unpaired) electrons. The molecule has 2 fully saturated rings. The lowest BCUT2D eigenvalue weighted by molar-refractivity contribution is -0.130. The Hall–Kier alpha value is -0.610. The molecule has 0 aliphatic carbocycles. The average molecular weight is 267 g/mol. The fourth-order valence-electron chi connectivity index (χ4n) is 3.24. The Morgan fingerprint density at radius 3 is 2.16 bits per heavy atom. The van der Waals surface area contributed by atoms with E-state index < -0.39 is 0 Å². The van der Waals surface area contributed by atoms with Crippen molar-refractivity contribution in [2.45, 2.75) is 33.1 Å². The van der Waals surface area contributed by atoms with Gasteiger partial charge in [0.25, 0.3) is 0 Å². The molecule has 0 atom stereocenters. The van der Waals surface area contributed by atoms with E-state index in [9.17, 15) is 4.79 Å². The number of hydrogen-bond donors (Lipinski definition) is 0. The molecule has 19 heavy (non-hydrogen) atoms. The topological polar surface area (TPSA) is 26.8 Å². The molecule has 2 rings (SSSR count). The Morgan fingerprint density at radius 2 is 1.63 bits per heavy atom. The zero-order chi connectivity index (χ0) is 13.7. The van der Waals surface area contributed by atoms with Gasteiger partial charge in [0.1, 0.15) is 0 Å². The number of nitrogens with zero attached hydrogens (tertiary/aromatic N) is 3. The lowest BCUT2D eigenvalue weighted by Gasteiger charge is -2.36. The second kappa shape index (κ2) is 7.25. The average Bonchev–Trinajstić information content (AvgIpc) is 2.46. The van der Waals surface area contributed by atoms with Crippen LogP contribution in [0.25, 0.3) is 0 Å². The van der Waals surface area contributed by atoms with Gasteiger partial charge in [0, 0.05) is 33.1 Å². The van der Waals surface area contributed by atoms with Crippen LogP contribution in [-0.4, -0.2) is 73.0 Å². The van der Waals surface area contributed by atoms with E-state index in [1.165, 1.54) is 45.4 Å². The minimum absolute atomic E-state index is 0.228. The maximum atomic E-state index is 11.3. The standard InChI is InChI=1S/C15H29N3O/c1-3-16-7-4-15(5-8-16)6-9-17-10-12-18(13-11-17)14(2)19/h15H,3-13H2,1-2H3. The second-order valence-corrected chi connectivity index (χ2v) is 6.01. The molecule has 0 unspecified atom stereocenters.